The molecule has 10 heteroatoms. The highest BCUT2D eigenvalue weighted by Gasteiger charge is 2.65. The van der Waals surface area contributed by atoms with Crippen LogP contribution in [0.3, 0.4) is 0 Å². The molecule has 1 aliphatic heterocycles. The van der Waals surface area contributed by atoms with Crippen LogP contribution in [0, 0.1) is 5.92 Å². The highest BCUT2D eigenvalue weighted by Crippen LogP contribution is 2.44. The number of thiophene rings is 1. The van der Waals surface area contributed by atoms with Crippen LogP contribution in [0.5, 0.6) is 0 Å². The molecule has 3 atom stereocenters. The fourth-order valence-electron chi connectivity index (χ4n) is 2.75. The fraction of sp³-hybridized carbons (Fsp3) is 0.267. The molecule has 2 aromatic heterocycles. The molecule has 3 unspecified atom stereocenters. The van der Waals surface area contributed by atoms with Gasteiger partial charge in [0.1, 0.15) is 5.92 Å². The van der Waals surface area contributed by atoms with Crippen LogP contribution in [-0.4, -0.2) is 32.9 Å². The molecule has 0 spiro atoms. The van der Waals surface area contributed by atoms with Crippen molar-refractivity contribution in [3.8, 4) is 0 Å². The number of alkyl halides is 3. The van der Waals surface area contributed by atoms with Gasteiger partial charge in [0.25, 0.3) is 0 Å². The number of hydrogen-bond acceptors (Lipinski definition) is 5. The molecule has 132 valence electrons. The van der Waals surface area contributed by atoms with E-state index in [0.717, 1.165) is 11.3 Å². The van der Waals surface area contributed by atoms with Gasteiger partial charge in [0.15, 0.2) is 10.9 Å². The Kier molecular flexibility index (Phi) is 4.52. The Hall–Kier alpha value is -2.04. The minimum Gasteiger partial charge on any atom is -0.363 e. The summed E-state index contributed by atoms with van der Waals surface area (Å²) in [5.74, 6) is -2.73. The van der Waals surface area contributed by atoms with E-state index in [-0.39, 0.29) is 4.88 Å². The minimum atomic E-state index is -5.13. The first-order valence-electron chi connectivity index (χ1n) is 7.09. The molecule has 0 aromatic carbocycles. The van der Waals surface area contributed by atoms with Gasteiger partial charge in [-0.25, -0.2) is 0 Å². The molecule has 0 aliphatic carbocycles. The van der Waals surface area contributed by atoms with Gasteiger partial charge in [-0.15, -0.1) is 11.3 Å². The lowest BCUT2D eigenvalue weighted by molar-refractivity contribution is -0.285. The van der Waals surface area contributed by atoms with Gasteiger partial charge in [-0.3, -0.25) is 9.78 Å². The first kappa shape index (κ1) is 17.8. The third kappa shape index (κ3) is 3.12. The van der Waals surface area contributed by atoms with Crippen molar-refractivity contribution in [3.63, 3.8) is 0 Å². The minimum absolute atomic E-state index is 0.109. The van der Waals surface area contributed by atoms with Crippen LogP contribution < -0.4 is 10.6 Å². The smallest absolute Gasteiger partial charge is 0.363 e. The summed E-state index contributed by atoms with van der Waals surface area (Å²) in [6.45, 7) is 0. The summed E-state index contributed by atoms with van der Waals surface area (Å²) in [7, 11) is 0. The number of thiocarbonyl (C=S) groups is 1. The molecule has 0 radical (unpaired) electrons. The van der Waals surface area contributed by atoms with Crippen molar-refractivity contribution in [2.75, 3.05) is 0 Å². The predicted molar refractivity (Wildman–Crippen MR) is 89.0 cm³/mol. The summed E-state index contributed by atoms with van der Waals surface area (Å²) < 4.78 is 41.0. The molecule has 2 aromatic rings. The molecule has 3 heterocycles. The molecular weight excluding hydrogens is 375 g/mol. The zero-order valence-electron chi connectivity index (χ0n) is 12.4. The average molecular weight is 387 g/mol. The van der Waals surface area contributed by atoms with E-state index in [2.05, 4.69) is 10.3 Å². The lowest BCUT2D eigenvalue weighted by atomic mass is 9.79. The number of rotatable bonds is 3. The normalized spacial score (nSPS) is 26.6. The number of Topliss-reactive ketones (excluding diaryl/α,β-unsaturated/α-hetero) is 1. The maximum atomic E-state index is 13.7. The number of pyridine rings is 1. The van der Waals surface area contributed by atoms with Crippen LogP contribution in [0.25, 0.3) is 0 Å². The van der Waals surface area contributed by atoms with Crippen molar-refractivity contribution >= 4 is 34.5 Å². The lowest BCUT2D eigenvalue weighted by Crippen LogP contribution is -2.72. The number of carbonyl (C=O) groups is 1. The van der Waals surface area contributed by atoms with E-state index in [4.69, 9.17) is 12.2 Å². The second kappa shape index (κ2) is 6.36. The third-order valence-electron chi connectivity index (χ3n) is 3.90. The first-order chi connectivity index (χ1) is 11.7. The highest BCUT2D eigenvalue weighted by atomic mass is 32.1. The molecule has 0 saturated carbocycles. The van der Waals surface area contributed by atoms with E-state index >= 15 is 0 Å². The number of aromatic nitrogens is 1. The Labute approximate surface area is 149 Å². The van der Waals surface area contributed by atoms with Gasteiger partial charge in [0.2, 0.25) is 5.72 Å². The van der Waals surface area contributed by atoms with Crippen LogP contribution in [-0.2, 0) is 0 Å². The van der Waals surface area contributed by atoms with Crippen molar-refractivity contribution in [1.29, 1.82) is 0 Å². The Bertz CT molecular complexity index is 783. The summed E-state index contributed by atoms with van der Waals surface area (Å²) in [5, 5.41) is 16.1. The second-order valence-corrected chi connectivity index (χ2v) is 6.80. The van der Waals surface area contributed by atoms with E-state index < -0.39 is 34.8 Å². The maximum Gasteiger partial charge on any atom is 0.437 e. The number of carbonyl (C=O) groups excluding carboxylic acids is 1. The zero-order valence-corrected chi connectivity index (χ0v) is 14.1. The van der Waals surface area contributed by atoms with E-state index in [9.17, 15) is 23.1 Å². The van der Waals surface area contributed by atoms with Gasteiger partial charge in [0, 0.05) is 12.4 Å². The molecule has 25 heavy (non-hydrogen) atoms. The van der Waals surface area contributed by atoms with Gasteiger partial charge in [-0.05, 0) is 35.3 Å². The largest absolute Gasteiger partial charge is 0.437 e. The standard InChI is InChI=1S/C15H12F3N3O2S2/c16-15(17,18)14(23)10(12(22)9-4-2-6-25-9)11(20-13(24)21-14)8-3-1-5-19-7-8/h1-7,10-11,23H,(H2,20,21,24). The van der Waals surface area contributed by atoms with Crippen molar-refractivity contribution in [2.45, 2.75) is 17.9 Å². The molecule has 0 amide bonds. The monoisotopic (exact) mass is 387 g/mol. The van der Waals surface area contributed by atoms with E-state index in [1.165, 1.54) is 30.6 Å². The SMILES string of the molecule is O=C(c1cccs1)C1C(c2cccnc2)NC(=S)NC1(O)C(F)(F)F. The second-order valence-electron chi connectivity index (χ2n) is 5.45. The summed E-state index contributed by atoms with van der Waals surface area (Å²) in [6, 6.07) is 4.82. The Morgan fingerprint density at radius 1 is 1.36 bits per heavy atom. The average Bonchev–Trinajstić information content (AvgIpc) is 3.08. The summed E-state index contributed by atoms with van der Waals surface area (Å²) in [5.41, 5.74) is -3.19. The van der Waals surface area contributed by atoms with Crippen molar-refractivity contribution < 1.29 is 23.1 Å². The Balaban J connectivity index is 2.15. The lowest BCUT2D eigenvalue weighted by Gasteiger charge is -2.46. The van der Waals surface area contributed by atoms with E-state index in [0.29, 0.717) is 5.56 Å². The fourth-order valence-corrected chi connectivity index (χ4v) is 3.74. The number of nitrogens with zero attached hydrogens (tertiary/aromatic N) is 1. The molecule has 0 bridgehead atoms. The topological polar surface area (TPSA) is 74.2 Å². The zero-order chi connectivity index (χ0) is 18.2. The Morgan fingerprint density at radius 3 is 2.68 bits per heavy atom. The number of aliphatic hydroxyl groups is 1. The molecular formula is C15H12F3N3O2S2. The number of hydrogen-bond donors (Lipinski definition) is 3. The molecule has 5 nitrogen and oxygen atoms in total. The summed E-state index contributed by atoms with van der Waals surface area (Å²) >= 11 is 5.83. The maximum absolute atomic E-state index is 13.7. The molecule has 1 saturated heterocycles. The predicted octanol–water partition coefficient (Wildman–Crippen LogP) is 2.41. The van der Waals surface area contributed by atoms with Crippen LogP contribution in [0.4, 0.5) is 13.2 Å². The summed E-state index contributed by atoms with van der Waals surface area (Å²) in [4.78, 5) is 16.8. The molecule has 3 rings (SSSR count). The van der Waals surface area contributed by atoms with Gasteiger partial charge in [0.05, 0.1) is 10.9 Å². The van der Waals surface area contributed by atoms with Gasteiger partial charge in [-0.2, -0.15) is 13.2 Å². The molecule has 1 aliphatic rings. The number of halogens is 3. The van der Waals surface area contributed by atoms with Crippen LogP contribution >= 0.6 is 23.6 Å². The van der Waals surface area contributed by atoms with Gasteiger partial charge >= 0.3 is 6.18 Å². The molecule has 1 fully saturated rings. The van der Waals surface area contributed by atoms with Crippen molar-refractivity contribution in [3.05, 3.63) is 52.5 Å². The van der Waals surface area contributed by atoms with Gasteiger partial charge in [-0.1, -0.05) is 12.1 Å². The summed E-state index contributed by atoms with van der Waals surface area (Å²) in [6.07, 6.45) is -2.34. The molecule has 3 N–H and O–H groups in total. The van der Waals surface area contributed by atoms with Crippen LogP contribution in [0.15, 0.2) is 42.0 Å². The van der Waals surface area contributed by atoms with Crippen LogP contribution in [0.1, 0.15) is 21.3 Å². The van der Waals surface area contributed by atoms with Crippen molar-refractivity contribution in [1.82, 2.24) is 15.6 Å². The third-order valence-corrected chi connectivity index (χ3v) is 5.00. The van der Waals surface area contributed by atoms with E-state index in [1.807, 2.05) is 5.32 Å². The highest BCUT2D eigenvalue weighted by molar-refractivity contribution is 7.80. The first-order valence-corrected chi connectivity index (χ1v) is 8.38. The Morgan fingerprint density at radius 2 is 2.12 bits per heavy atom. The van der Waals surface area contributed by atoms with Crippen LogP contribution in [0.2, 0.25) is 0 Å². The number of ketones is 1. The van der Waals surface area contributed by atoms with Gasteiger partial charge < -0.3 is 15.7 Å². The van der Waals surface area contributed by atoms with Crippen molar-refractivity contribution in [2.24, 2.45) is 5.92 Å². The van der Waals surface area contributed by atoms with E-state index in [1.54, 1.807) is 11.4 Å². The number of nitrogens with one attached hydrogen (secondary N) is 2. The quantitative estimate of drug-likeness (QED) is 0.555.